The molecule has 0 unspecified atom stereocenters. The number of halogens is 2. The summed E-state index contributed by atoms with van der Waals surface area (Å²) in [7, 11) is 0. The first-order valence-corrected chi connectivity index (χ1v) is 8.52. The third kappa shape index (κ3) is 4.17. The summed E-state index contributed by atoms with van der Waals surface area (Å²) in [5.74, 6) is -0.983. The number of piperidine rings is 1. The zero-order chi connectivity index (χ0) is 17.8. The van der Waals surface area contributed by atoms with E-state index in [0.29, 0.717) is 36.5 Å². The molecule has 0 bridgehead atoms. The van der Waals surface area contributed by atoms with Crippen LogP contribution in [0.2, 0.25) is 5.02 Å². The number of carbonyl (C=O) groups excluding carboxylic acids is 2. The normalized spacial score (nSPS) is 15.0. The molecule has 1 aliphatic rings. The summed E-state index contributed by atoms with van der Waals surface area (Å²) in [6, 6.07) is 12.9. The van der Waals surface area contributed by atoms with Gasteiger partial charge in [-0.25, -0.2) is 4.39 Å². The highest BCUT2D eigenvalue weighted by Crippen LogP contribution is 2.22. The van der Waals surface area contributed by atoms with Gasteiger partial charge in [-0.05, 0) is 43.2 Å². The van der Waals surface area contributed by atoms with Crippen molar-refractivity contribution in [2.75, 3.05) is 18.4 Å². The smallest absolute Gasteiger partial charge is 0.253 e. The Kier molecular flexibility index (Phi) is 5.34. The molecule has 0 saturated carbocycles. The van der Waals surface area contributed by atoms with Gasteiger partial charge in [-0.2, -0.15) is 0 Å². The van der Waals surface area contributed by atoms with Crippen LogP contribution in [-0.4, -0.2) is 29.8 Å². The molecule has 2 aromatic rings. The molecule has 130 valence electrons. The lowest BCUT2D eigenvalue weighted by molar-refractivity contribution is -0.121. The van der Waals surface area contributed by atoms with Crippen LogP contribution in [0.3, 0.4) is 0 Å². The van der Waals surface area contributed by atoms with Gasteiger partial charge >= 0.3 is 0 Å². The summed E-state index contributed by atoms with van der Waals surface area (Å²) in [4.78, 5) is 26.5. The predicted molar refractivity (Wildman–Crippen MR) is 95.1 cm³/mol. The summed E-state index contributed by atoms with van der Waals surface area (Å²) in [5, 5.41) is 3.15. The van der Waals surface area contributed by atoms with Crippen molar-refractivity contribution in [2.45, 2.75) is 12.8 Å². The first-order chi connectivity index (χ1) is 12.0. The molecule has 0 aliphatic carbocycles. The van der Waals surface area contributed by atoms with E-state index in [0.717, 1.165) is 0 Å². The van der Waals surface area contributed by atoms with Crippen molar-refractivity contribution >= 4 is 29.1 Å². The minimum atomic E-state index is -0.454. The number of amides is 2. The Bertz CT molecular complexity index is 788. The molecular formula is C19H18ClFN2O2. The molecule has 1 N–H and O–H groups in total. The molecule has 1 aliphatic heterocycles. The quantitative estimate of drug-likeness (QED) is 0.900. The minimum absolute atomic E-state index is 0.0875. The van der Waals surface area contributed by atoms with Gasteiger partial charge in [0.1, 0.15) is 5.82 Å². The number of carbonyl (C=O) groups is 2. The third-order valence-electron chi connectivity index (χ3n) is 4.36. The Morgan fingerprint density at radius 1 is 1.08 bits per heavy atom. The van der Waals surface area contributed by atoms with Crippen LogP contribution in [0, 0.1) is 11.7 Å². The van der Waals surface area contributed by atoms with Crippen LogP contribution in [-0.2, 0) is 4.79 Å². The van der Waals surface area contributed by atoms with Crippen molar-refractivity contribution < 1.29 is 14.0 Å². The summed E-state index contributed by atoms with van der Waals surface area (Å²) in [5.41, 5.74) is 0.728. The number of likely N-dealkylation sites (tertiary alicyclic amines) is 1. The second-order valence-corrected chi connectivity index (χ2v) is 6.48. The van der Waals surface area contributed by atoms with Gasteiger partial charge in [-0.1, -0.05) is 29.8 Å². The van der Waals surface area contributed by atoms with Crippen LogP contribution in [0.25, 0.3) is 0 Å². The summed E-state index contributed by atoms with van der Waals surface area (Å²) in [6.45, 7) is 0.974. The van der Waals surface area contributed by atoms with Crippen LogP contribution in [0.1, 0.15) is 23.2 Å². The zero-order valence-electron chi connectivity index (χ0n) is 13.5. The average molecular weight is 361 g/mol. The van der Waals surface area contributed by atoms with E-state index in [4.69, 9.17) is 11.6 Å². The van der Waals surface area contributed by atoms with E-state index in [2.05, 4.69) is 5.32 Å². The molecule has 1 fully saturated rings. The van der Waals surface area contributed by atoms with Gasteiger partial charge in [0.2, 0.25) is 5.91 Å². The lowest BCUT2D eigenvalue weighted by Gasteiger charge is -2.31. The van der Waals surface area contributed by atoms with Crippen molar-refractivity contribution in [3.05, 3.63) is 64.9 Å². The van der Waals surface area contributed by atoms with Gasteiger partial charge in [-0.15, -0.1) is 0 Å². The Hall–Kier alpha value is -2.40. The number of hydrogen-bond donors (Lipinski definition) is 1. The molecule has 0 spiro atoms. The topological polar surface area (TPSA) is 49.4 Å². The molecular weight excluding hydrogens is 343 g/mol. The number of hydrogen-bond acceptors (Lipinski definition) is 2. The molecule has 0 atom stereocenters. The fourth-order valence-electron chi connectivity index (χ4n) is 2.95. The largest absolute Gasteiger partial charge is 0.339 e. The van der Waals surface area contributed by atoms with Crippen LogP contribution in [0.15, 0.2) is 48.5 Å². The van der Waals surface area contributed by atoms with Crippen LogP contribution in [0.4, 0.5) is 10.1 Å². The number of benzene rings is 2. The molecule has 2 aromatic carbocycles. The Morgan fingerprint density at radius 2 is 1.80 bits per heavy atom. The second-order valence-electron chi connectivity index (χ2n) is 6.05. The second kappa shape index (κ2) is 7.66. The van der Waals surface area contributed by atoms with Crippen molar-refractivity contribution in [3.8, 4) is 0 Å². The Morgan fingerprint density at radius 3 is 2.48 bits per heavy atom. The molecule has 4 nitrogen and oxygen atoms in total. The van der Waals surface area contributed by atoms with Gasteiger partial charge < -0.3 is 10.2 Å². The maximum Gasteiger partial charge on any atom is 0.253 e. The van der Waals surface area contributed by atoms with E-state index >= 15 is 0 Å². The van der Waals surface area contributed by atoms with E-state index in [9.17, 15) is 14.0 Å². The fourth-order valence-corrected chi connectivity index (χ4v) is 3.14. The number of anilines is 1. The Balaban J connectivity index is 1.57. The van der Waals surface area contributed by atoms with E-state index in [1.165, 1.54) is 12.1 Å². The summed E-state index contributed by atoms with van der Waals surface area (Å²) in [6.07, 6.45) is 1.10. The van der Waals surface area contributed by atoms with Gasteiger partial charge in [-0.3, -0.25) is 9.59 Å². The zero-order valence-corrected chi connectivity index (χ0v) is 14.3. The van der Waals surface area contributed by atoms with Crippen molar-refractivity contribution in [1.29, 1.82) is 0 Å². The number of rotatable bonds is 3. The number of para-hydroxylation sites is 1. The van der Waals surface area contributed by atoms with Crippen LogP contribution >= 0.6 is 11.6 Å². The fraction of sp³-hybridized carbons (Fsp3) is 0.263. The first-order valence-electron chi connectivity index (χ1n) is 8.15. The maximum absolute atomic E-state index is 13.6. The first kappa shape index (κ1) is 17.4. The third-order valence-corrected chi connectivity index (χ3v) is 4.59. The Labute approximate surface area is 150 Å². The molecule has 3 rings (SSSR count). The molecule has 1 heterocycles. The van der Waals surface area contributed by atoms with Crippen molar-refractivity contribution in [1.82, 2.24) is 4.90 Å². The minimum Gasteiger partial charge on any atom is -0.339 e. The lowest BCUT2D eigenvalue weighted by Crippen LogP contribution is -2.41. The number of nitrogens with zero attached hydrogens (tertiary/aromatic N) is 1. The molecule has 0 radical (unpaired) electrons. The molecule has 1 saturated heterocycles. The molecule has 0 aromatic heterocycles. The van der Waals surface area contributed by atoms with Crippen molar-refractivity contribution in [3.63, 3.8) is 0 Å². The maximum atomic E-state index is 13.6. The van der Waals surface area contributed by atoms with E-state index in [-0.39, 0.29) is 23.4 Å². The highest BCUT2D eigenvalue weighted by molar-refractivity contribution is 6.30. The van der Waals surface area contributed by atoms with Crippen molar-refractivity contribution in [2.24, 2.45) is 5.92 Å². The van der Waals surface area contributed by atoms with Gasteiger partial charge in [0.05, 0.1) is 5.69 Å². The van der Waals surface area contributed by atoms with Crippen LogP contribution in [0.5, 0.6) is 0 Å². The van der Waals surface area contributed by atoms with Gasteiger partial charge in [0, 0.05) is 29.6 Å². The van der Waals surface area contributed by atoms with E-state index in [1.54, 1.807) is 41.3 Å². The standard InChI is InChI=1S/C19H18ClFN2O2/c20-15-5-3-4-14(12-15)19(25)23-10-8-13(9-11-23)18(24)22-17-7-2-1-6-16(17)21/h1-7,12-13H,8-11H2,(H,22,24). The SMILES string of the molecule is O=C(Nc1ccccc1F)C1CCN(C(=O)c2cccc(Cl)c2)CC1. The van der Waals surface area contributed by atoms with Gasteiger partial charge in [0.25, 0.3) is 5.91 Å². The molecule has 2 amide bonds. The monoisotopic (exact) mass is 360 g/mol. The highest BCUT2D eigenvalue weighted by atomic mass is 35.5. The summed E-state index contributed by atoms with van der Waals surface area (Å²) >= 11 is 5.93. The lowest BCUT2D eigenvalue weighted by atomic mass is 9.95. The predicted octanol–water partition coefficient (Wildman–Crippen LogP) is 3.97. The van der Waals surface area contributed by atoms with Gasteiger partial charge in [0.15, 0.2) is 0 Å². The highest BCUT2D eigenvalue weighted by Gasteiger charge is 2.28. The number of nitrogens with one attached hydrogen (secondary N) is 1. The van der Waals surface area contributed by atoms with E-state index in [1.807, 2.05) is 0 Å². The molecule has 25 heavy (non-hydrogen) atoms. The van der Waals surface area contributed by atoms with Crippen LogP contribution < -0.4 is 5.32 Å². The summed E-state index contributed by atoms with van der Waals surface area (Å²) < 4.78 is 13.6. The van der Waals surface area contributed by atoms with E-state index < -0.39 is 5.82 Å². The molecule has 6 heteroatoms. The average Bonchev–Trinajstić information content (AvgIpc) is 2.63.